The van der Waals surface area contributed by atoms with Crippen molar-refractivity contribution in [3.05, 3.63) is 54.6 Å². The molecule has 2 aromatic rings. The average Bonchev–Trinajstić information content (AvgIpc) is 3.00. The first-order valence-corrected chi connectivity index (χ1v) is 5.85. The summed E-state index contributed by atoms with van der Waals surface area (Å²) in [7, 11) is 0. The quantitative estimate of drug-likeness (QED) is 0.808. The number of hydroxylamine groups is 2. The Kier molecular flexibility index (Phi) is 2.90. The fourth-order valence-corrected chi connectivity index (χ4v) is 2.08. The van der Waals surface area contributed by atoms with Gasteiger partial charge in [-0.15, -0.1) is 0 Å². The molecule has 88 valence electrons. The van der Waals surface area contributed by atoms with Gasteiger partial charge in [0.1, 0.15) is 0 Å². The van der Waals surface area contributed by atoms with Crippen LogP contribution in [0.1, 0.15) is 18.2 Å². The molecule has 4 nitrogen and oxygen atoms in total. The molecule has 1 aliphatic rings. The molecule has 0 spiro atoms. The molecule has 1 fully saturated rings. The minimum Gasteiger partial charge on any atom is -0.309 e. The van der Waals surface area contributed by atoms with Gasteiger partial charge in [0.15, 0.2) is 6.23 Å². The molecule has 0 radical (unpaired) electrons. The van der Waals surface area contributed by atoms with E-state index in [9.17, 15) is 0 Å². The lowest BCUT2D eigenvalue weighted by atomic mass is 10.2. The lowest BCUT2D eigenvalue weighted by molar-refractivity contribution is -0.175. The van der Waals surface area contributed by atoms with Gasteiger partial charge in [-0.25, -0.2) is 4.98 Å². The van der Waals surface area contributed by atoms with Crippen LogP contribution in [0.5, 0.6) is 0 Å². The zero-order valence-electron chi connectivity index (χ0n) is 9.57. The van der Waals surface area contributed by atoms with Crippen LogP contribution in [0.15, 0.2) is 49.1 Å². The van der Waals surface area contributed by atoms with Crippen molar-refractivity contribution in [2.75, 3.05) is 6.54 Å². The normalized spacial score (nSPS) is 20.8. The third kappa shape index (κ3) is 2.38. The summed E-state index contributed by atoms with van der Waals surface area (Å²) >= 11 is 0. The molecule has 4 heteroatoms. The SMILES string of the molecule is c1ccc(CN2CC[C@H](n3ccnc3)O2)cc1. The molecular weight excluding hydrogens is 214 g/mol. The van der Waals surface area contributed by atoms with Crippen LogP contribution >= 0.6 is 0 Å². The smallest absolute Gasteiger partial charge is 0.156 e. The fourth-order valence-electron chi connectivity index (χ4n) is 2.08. The van der Waals surface area contributed by atoms with Crippen LogP contribution in [-0.2, 0) is 11.4 Å². The van der Waals surface area contributed by atoms with Crippen LogP contribution in [0.3, 0.4) is 0 Å². The second-order valence-corrected chi connectivity index (χ2v) is 4.21. The zero-order chi connectivity index (χ0) is 11.5. The monoisotopic (exact) mass is 229 g/mol. The number of benzene rings is 1. The van der Waals surface area contributed by atoms with Crippen LogP contribution < -0.4 is 0 Å². The van der Waals surface area contributed by atoms with E-state index in [1.165, 1.54) is 5.56 Å². The third-order valence-electron chi connectivity index (χ3n) is 2.96. The van der Waals surface area contributed by atoms with Gasteiger partial charge in [-0.2, -0.15) is 5.06 Å². The number of nitrogens with zero attached hydrogens (tertiary/aromatic N) is 3. The van der Waals surface area contributed by atoms with Gasteiger partial charge in [-0.1, -0.05) is 30.3 Å². The molecule has 0 aliphatic carbocycles. The van der Waals surface area contributed by atoms with Gasteiger partial charge in [-0.3, -0.25) is 4.84 Å². The molecule has 1 atom stereocenters. The lowest BCUT2D eigenvalue weighted by Gasteiger charge is -2.16. The Labute approximate surface area is 100 Å². The highest BCUT2D eigenvalue weighted by molar-refractivity contribution is 5.14. The van der Waals surface area contributed by atoms with E-state index in [1.54, 1.807) is 12.5 Å². The van der Waals surface area contributed by atoms with Crippen molar-refractivity contribution in [1.29, 1.82) is 0 Å². The Hall–Kier alpha value is -1.65. The highest BCUT2D eigenvalue weighted by Gasteiger charge is 2.24. The topological polar surface area (TPSA) is 30.3 Å². The predicted octanol–water partition coefficient (Wildman–Crippen LogP) is 2.22. The summed E-state index contributed by atoms with van der Waals surface area (Å²) in [5.41, 5.74) is 1.28. The number of hydrogen-bond acceptors (Lipinski definition) is 3. The van der Waals surface area contributed by atoms with Crippen LogP contribution in [0.25, 0.3) is 0 Å². The Morgan fingerprint density at radius 2 is 2.18 bits per heavy atom. The Morgan fingerprint density at radius 1 is 1.29 bits per heavy atom. The highest BCUT2D eigenvalue weighted by Crippen LogP contribution is 2.24. The van der Waals surface area contributed by atoms with Crippen molar-refractivity contribution in [2.24, 2.45) is 0 Å². The summed E-state index contributed by atoms with van der Waals surface area (Å²) in [6, 6.07) is 10.4. The van der Waals surface area contributed by atoms with Crippen molar-refractivity contribution in [2.45, 2.75) is 19.2 Å². The van der Waals surface area contributed by atoms with Crippen LogP contribution in [0, 0.1) is 0 Å². The van der Waals surface area contributed by atoms with E-state index in [0.717, 1.165) is 19.5 Å². The van der Waals surface area contributed by atoms with E-state index >= 15 is 0 Å². The summed E-state index contributed by atoms with van der Waals surface area (Å²) in [4.78, 5) is 9.91. The summed E-state index contributed by atoms with van der Waals surface area (Å²) in [6.45, 7) is 1.80. The van der Waals surface area contributed by atoms with Gasteiger partial charge < -0.3 is 4.57 Å². The van der Waals surface area contributed by atoms with Gasteiger partial charge in [-0.05, 0) is 5.56 Å². The van der Waals surface area contributed by atoms with E-state index < -0.39 is 0 Å². The van der Waals surface area contributed by atoms with E-state index in [1.807, 2.05) is 21.9 Å². The van der Waals surface area contributed by atoms with E-state index in [-0.39, 0.29) is 6.23 Å². The summed E-state index contributed by atoms with van der Waals surface area (Å²) in [5, 5.41) is 2.01. The summed E-state index contributed by atoms with van der Waals surface area (Å²) < 4.78 is 2.00. The number of hydrogen-bond donors (Lipinski definition) is 0. The molecule has 2 heterocycles. The summed E-state index contributed by atoms with van der Waals surface area (Å²) in [6.07, 6.45) is 6.63. The van der Waals surface area contributed by atoms with Crippen LogP contribution in [0.2, 0.25) is 0 Å². The van der Waals surface area contributed by atoms with Crippen LogP contribution in [0.4, 0.5) is 0 Å². The van der Waals surface area contributed by atoms with Gasteiger partial charge in [0.2, 0.25) is 0 Å². The van der Waals surface area contributed by atoms with Gasteiger partial charge in [0.05, 0.1) is 6.33 Å². The molecule has 0 amide bonds. The second kappa shape index (κ2) is 4.69. The van der Waals surface area contributed by atoms with E-state index in [4.69, 9.17) is 4.84 Å². The molecule has 1 aliphatic heterocycles. The minimum atomic E-state index is 0.0983. The van der Waals surface area contributed by atoms with Crippen molar-refractivity contribution in [3.8, 4) is 0 Å². The van der Waals surface area contributed by atoms with Crippen molar-refractivity contribution >= 4 is 0 Å². The maximum absolute atomic E-state index is 5.87. The molecule has 1 aromatic heterocycles. The first kappa shape index (κ1) is 10.5. The van der Waals surface area contributed by atoms with Gasteiger partial charge in [0.25, 0.3) is 0 Å². The second-order valence-electron chi connectivity index (χ2n) is 4.21. The summed E-state index contributed by atoms with van der Waals surface area (Å²) in [5.74, 6) is 0. The van der Waals surface area contributed by atoms with Crippen LogP contribution in [-0.4, -0.2) is 21.2 Å². The van der Waals surface area contributed by atoms with E-state index in [2.05, 4.69) is 29.2 Å². The standard InChI is InChI=1S/C13H15N3O/c1-2-4-12(5-3-1)10-16-8-6-13(17-16)15-9-7-14-11-15/h1-5,7,9,11,13H,6,8,10H2/t13-/m1/s1. The van der Waals surface area contributed by atoms with Crippen molar-refractivity contribution in [1.82, 2.24) is 14.6 Å². The Balaban J connectivity index is 1.61. The molecule has 3 rings (SSSR count). The maximum atomic E-state index is 5.87. The zero-order valence-corrected chi connectivity index (χ0v) is 9.57. The van der Waals surface area contributed by atoms with Gasteiger partial charge >= 0.3 is 0 Å². The first-order valence-electron chi connectivity index (χ1n) is 5.85. The number of imidazole rings is 1. The molecular formula is C13H15N3O. The molecule has 1 saturated heterocycles. The highest BCUT2D eigenvalue weighted by atomic mass is 16.7. The number of aromatic nitrogens is 2. The molecule has 0 unspecified atom stereocenters. The molecule has 0 saturated carbocycles. The van der Waals surface area contributed by atoms with E-state index in [0.29, 0.717) is 0 Å². The molecule has 1 aromatic carbocycles. The Morgan fingerprint density at radius 3 is 2.94 bits per heavy atom. The third-order valence-corrected chi connectivity index (χ3v) is 2.96. The molecule has 0 N–H and O–H groups in total. The molecule has 0 bridgehead atoms. The predicted molar refractivity (Wildman–Crippen MR) is 63.8 cm³/mol. The molecule has 17 heavy (non-hydrogen) atoms. The number of rotatable bonds is 3. The lowest BCUT2D eigenvalue weighted by Crippen LogP contribution is -2.18. The minimum absolute atomic E-state index is 0.0983. The Bertz CT molecular complexity index is 455. The van der Waals surface area contributed by atoms with Crippen molar-refractivity contribution < 1.29 is 4.84 Å². The largest absolute Gasteiger partial charge is 0.309 e. The average molecular weight is 229 g/mol. The first-order chi connectivity index (χ1) is 8.42. The fraction of sp³-hybridized carbons (Fsp3) is 0.308. The maximum Gasteiger partial charge on any atom is 0.156 e. The van der Waals surface area contributed by atoms with Gasteiger partial charge in [0, 0.05) is 31.9 Å². The van der Waals surface area contributed by atoms with Crippen molar-refractivity contribution in [3.63, 3.8) is 0 Å².